The lowest BCUT2D eigenvalue weighted by atomic mass is 9.85. The first kappa shape index (κ1) is 37.5. The molecule has 1 aliphatic rings. The van der Waals surface area contributed by atoms with E-state index >= 15 is 0 Å². The smallest absolute Gasteiger partial charge is 0.326 e. The molecule has 0 saturated heterocycles. The van der Waals surface area contributed by atoms with Gasteiger partial charge >= 0.3 is 5.97 Å². The van der Waals surface area contributed by atoms with Crippen LogP contribution in [0.2, 0.25) is 0 Å². The van der Waals surface area contributed by atoms with E-state index in [1.807, 2.05) is 57.2 Å². The van der Waals surface area contributed by atoms with Crippen LogP contribution in [-0.4, -0.2) is 54.7 Å². The zero-order chi connectivity index (χ0) is 37.1. The lowest BCUT2D eigenvalue weighted by Crippen LogP contribution is -2.40. The number of ether oxygens (including phenoxy) is 1. The van der Waals surface area contributed by atoms with Gasteiger partial charge in [-0.15, -0.1) is 11.3 Å². The summed E-state index contributed by atoms with van der Waals surface area (Å²) in [4.78, 5) is 30.3. The molecule has 13 heteroatoms. The van der Waals surface area contributed by atoms with E-state index in [4.69, 9.17) is 10.5 Å². The molecule has 1 amide bonds. The highest BCUT2D eigenvalue weighted by molar-refractivity contribution is 7.90. The van der Waals surface area contributed by atoms with Crippen molar-refractivity contribution in [2.45, 2.75) is 82.4 Å². The lowest BCUT2D eigenvalue weighted by Gasteiger charge is -2.35. The number of hydrogen-bond donors (Lipinski definition) is 5. The average molecular weight is 733 g/mol. The summed E-state index contributed by atoms with van der Waals surface area (Å²) >= 11 is 1.07. The van der Waals surface area contributed by atoms with Crippen molar-refractivity contribution < 1.29 is 33.0 Å². The number of amides is 1. The number of thiophene rings is 1. The van der Waals surface area contributed by atoms with Gasteiger partial charge in [0.15, 0.2) is 0 Å². The molecule has 0 spiro atoms. The maximum Gasteiger partial charge on any atom is 0.326 e. The minimum absolute atomic E-state index is 0.0133. The van der Waals surface area contributed by atoms with E-state index in [-0.39, 0.29) is 40.7 Å². The van der Waals surface area contributed by atoms with Gasteiger partial charge in [0.1, 0.15) is 23.0 Å². The molecule has 5 rings (SSSR count). The van der Waals surface area contributed by atoms with Crippen molar-refractivity contribution in [1.29, 1.82) is 0 Å². The van der Waals surface area contributed by atoms with Gasteiger partial charge in [-0.2, -0.15) is 0 Å². The number of nitrogens with two attached hydrogens (primary N) is 1. The molecule has 3 aromatic carbocycles. The lowest BCUT2D eigenvalue weighted by molar-refractivity contribution is -0.139. The van der Waals surface area contributed by atoms with Crippen molar-refractivity contribution in [3.05, 3.63) is 116 Å². The van der Waals surface area contributed by atoms with E-state index in [1.165, 1.54) is 0 Å². The highest BCUT2D eigenvalue weighted by atomic mass is 32.2. The zero-order valence-electron chi connectivity index (χ0n) is 29.3. The Labute approximate surface area is 302 Å². The van der Waals surface area contributed by atoms with E-state index in [9.17, 15) is 28.2 Å². The van der Waals surface area contributed by atoms with Crippen molar-refractivity contribution in [3.63, 3.8) is 0 Å². The summed E-state index contributed by atoms with van der Waals surface area (Å²) in [6.45, 7) is 9.38. The minimum Gasteiger partial charge on any atom is -0.487 e. The fourth-order valence-electron chi connectivity index (χ4n) is 6.42. The first-order valence-electron chi connectivity index (χ1n) is 16.7. The number of aliphatic imine (C=N–C) groups is 1. The second-order valence-corrected chi connectivity index (χ2v) is 16.1. The number of aliphatic hydroxyl groups is 1. The van der Waals surface area contributed by atoms with Crippen LogP contribution in [0.5, 0.6) is 5.75 Å². The maximum atomic E-state index is 13.5. The zero-order valence-corrected chi connectivity index (χ0v) is 31.0. The minimum atomic E-state index is -4.09. The molecular formula is C38H44N4O7S2. The molecular weight excluding hydrogens is 689 g/mol. The number of carboxylic acids is 1. The van der Waals surface area contributed by atoms with Crippen LogP contribution in [0.3, 0.4) is 0 Å². The Morgan fingerprint density at radius 1 is 0.980 bits per heavy atom. The number of nitrogens with zero attached hydrogens (tertiary/aromatic N) is 1. The number of benzene rings is 3. The van der Waals surface area contributed by atoms with E-state index in [1.54, 1.807) is 50.2 Å². The number of sulfonamides is 1. The molecule has 2 heterocycles. The van der Waals surface area contributed by atoms with E-state index in [0.29, 0.717) is 33.6 Å². The highest BCUT2D eigenvalue weighted by Crippen LogP contribution is 2.42. The summed E-state index contributed by atoms with van der Waals surface area (Å²) in [5, 5.41) is 24.5. The SMILES string of the molecule is Cc1c(C)c(S(=O)(=O)NC(N)=NCCC[C@H](NC(=O)c2ccc(C(O)(c3ccccc3)c3ccccc3)s2)C(=O)O)c(C)c2c1OC(C)(C)CC2. The molecule has 1 atom stereocenters. The Balaban J connectivity index is 1.23. The van der Waals surface area contributed by atoms with Gasteiger partial charge in [-0.05, 0) is 106 Å². The monoisotopic (exact) mass is 732 g/mol. The predicted octanol–water partition coefficient (Wildman–Crippen LogP) is 5.32. The summed E-state index contributed by atoms with van der Waals surface area (Å²) in [6, 6.07) is 20.2. The molecule has 51 heavy (non-hydrogen) atoms. The van der Waals surface area contributed by atoms with Crippen molar-refractivity contribution in [2.75, 3.05) is 6.54 Å². The van der Waals surface area contributed by atoms with Gasteiger partial charge in [-0.25, -0.2) is 17.9 Å². The Kier molecular flexibility index (Phi) is 10.9. The molecule has 1 aliphatic heterocycles. The van der Waals surface area contributed by atoms with Crippen molar-refractivity contribution in [3.8, 4) is 5.75 Å². The Bertz CT molecular complexity index is 2020. The summed E-state index contributed by atoms with van der Waals surface area (Å²) < 4.78 is 35.6. The quantitative estimate of drug-likeness (QED) is 0.0738. The molecule has 1 aromatic heterocycles. The third-order valence-corrected chi connectivity index (χ3v) is 12.1. The predicted molar refractivity (Wildman–Crippen MR) is 198 cm³/mol. The third kappa shape index (κ3) is 7.95. The molecule has 0 radical (unpaired) electrons. The van der Waals surface area contributed by atoms with Crippen LogP contribution in [0, 0.1) is 20.8 Å². The number of aliphatic carboxylic acids is 1. The molecule has 6 N–H and O–H groups in total. The van der Waals surface area contributed by atoms with Gasteiger partial charge in [-0.3, -0.25) is 9.79 Å². The average Bonchev–Trinajstić information content (AvgIpc) is 3.59. The van der Waals surface area contributed by atoms with Crippen molar-refractivity contribution in [1.82, 2.24) is 10.0 Å². The first-order valence-corrected chi connectivity index (χ1v) is 19.0. The second kappa shape index (κ2) is 14.9. The molecule has 0 bridgehead atoms. The summed E-state index contributed by atoms with van der Waals surface area (Å²) in [7, 11) is -4.09. The summed E-state index contributed by atoms with van der Waals surface area (Å²) in [5.74, 6) is -1.43. The number of carbonyl (C=O) groups is 2. The van der Waals surface area contributed by atoms with Crippen LogP contribution in [-0.2, 0) is 26.8 Å². The molecule has 0 unspecified atom stereocenters. The maximum absolute atomic E-state index is 13.5. The van der Waals surface area contributed by atoms with Crippen LogP contribution >= 0.6 is 11.3 Å². The Morgan fingerprint density at radius 2 is 1.59 bits per heavy atom. The summed E-state index contributed by atoms with van der Waals surface area (Å²) in [5.41, 5.74) is 8.14. The Hall–Kier alpha value is -4.72. The first-order chi connectivity index (χ1) is 24.0. The molecule has 0 fully saturated rings. The van der Waals surface area contributed by atoms with Gasteiger partial charge < -0.3 is 26.0 Å². The van der Waals surface area contributed by atoms with Crippen molar-refractivity contribution in [2.24, 2.45) is 10.7 Å². The van der Waals surface area contributed by atoms with Crippen LogP contribution in [0.1, 0.15) is 81.0 Å². The molecule has 11 nitrogen and oxygen atoms in total. The number of nitrogens with one attached hydrogen (secondary N) is 2. The number of carboxylic acid groups (broad SMARTS) is 1. The number of rotatable bonds is 12. The van der Waals surface area contributed by atoms with Crippen molar-refractivity contribution >= 4 is 39.2 Å². The topological polar surface area (TPSA) is 180 Å². The van der Waals surface area contributed by atoms with Gasteiger partial charge in [0.05, 0.1) is 9.77 Å². The highest BCUT2D eigenvalue weighted by Gasteiger charge is 2.36. The summed E-state index contributed by atoms with van der Waals surface area (Å²) in [6.07, 6.45) is 1.64. The van der Waals surface area contributed by atoms with E-state index in [2.05, 4.69) is 15.0 Å². The second-order valence-electron chi connectivity index (χ2n) is 13.4. The molecule has 4 aromatic rings. The van der Waals surface area contributed by atoms with Crippen LogP contribution in [0.4, 0.5) is 0 Å². The van der Waals surface area contributed by atoms with Gasteiger partial charge in [0.2, 0.25) is 5.96 Å². The molecule has 0 aliphatic carbocycles. The Morgan fingerprint density at radius 3 is 2.18 bits per heavy atom. The van der Waals surface area contributed by atoms with E-state index < -0.39 is 33.5 Å². The van der Waals surface area contributed by atoms with Crippen LogP contribution in [0.15, 0.2) is 82.7 Å². The van der Waals surface area contributed by atoms with Gasteiger partial charge in [-0.1, -0.05) is 60.7 Å². The number of hydrogen-bond acceptors (Lipinski definition) is 8. The number of fused-ring (bicyclic) bond motifs is 1. The van der Waals surface area contributed by atoms with Crippen LogP contribution in [0.25, 0.3) is 0 Å². The van der Waals surface area contributed by atoms with E-state index in [0.717, 1.165) is 34.6 Å². The fourth-order valence-corrected chi connectivity index (χ4v) is 8.99. The van der Waals surface area contributed by atoms with Gasteiger partial charge in [0, 0.05) is 11.4 Å². The standard InChI is InChI=1S/C38H44N4O7S2/c1-23-24(2)33(25(3)28-20-21-37(4,5)49-32(23)28)51(47,48)42-36(39)40-22-12-17-29(35(44)45)41-34(43)30-18-19-31(50-30)38(46,26-13-8-6-9-14-26)27-15-10-7-11-16-27/h6-11,13-16,18-19,29,46H,12,17,20-22H2,1-5H3,(H,41,43)(H,44,45)(H3,39,40,42)/t29-/m0/s1. The number of guanidine groups is 1. The van der Waals surface area contributed by atoms with Gasteiger partial charge in [0.25, 0.3) is 15.9 Å². The largest absolute Gasteiger partial charge is 0.487 e. The van der Waals surface area contributed by atoms with Crippen LogP contribution < -0.4 is 20.5 Å². The third-order valence-electron chi connectivity index (χ3n) is 9.28. The molecule has 0 saturated carbocycles. The fraction of sp³-hybridized carbons (Fsp3) is 0.342. The molecule has 270 valence electrons. The normalized spacial score (nSPS) is 15.0. The number of carbonyl (C=O) groups excluding carboxylic acids is 1.